The standard InChI is InChI=1S/C18H16FN5O/c19-15-6-2-5-14(9-15)18-21-23-24(22-18)11-17(25)20-16-8-7-12-3-1-4-13(12)10-16/h2,5-10H,1,3-4,11H2,(H,20,25). The number of benzene rings is 2. The summed E-state index contributed by atoms with van der Waals surface area (Å²) in [5.41, 5.74) is 3.95. The number of aromatic nitrogens is 4. The molecule has 126 valence electrons. The highest BCUT2D eigenvalue weighted by Crippen LogP contribution is 2.24. The first kappa shape index (κ1) is 15.4. The number of tetrazole rings is 1. The molecule has 0 unspecified atom stereocenters. The van der Waals surface area contributed by atoms with Crippen LogP contribution in [-0.2, 0) is 24.2 Å². The average Bonchev–Trinajstić information content (AvgIpc) is 3.23. The van der Waals surface area contributed by atoms with Crippen molar-refractivity contribution in [2.75, 3.05) is 5.32 Å². The van der Waals surface area contributed by atoms with Gasteiger partial charge in [0.25, 0.3) is 0 Å². The Kier molecular flexibility index (Phi) is 3.97. The van der Waals surface area contributed by atoms with Crippen LogP contribution in [0.15, 0.2) is 42.5 Å². The molecule has 4 rings (SSSR count). The Hall–Kier alpha value is -3.09. The van der Waals surface area contributed by atoms with Crippen molar-refractivity contribution in [3.63, 3.8) is 0 Å². The van der Waals surface area contributed by atoms with Gasteiger partial charge in [-0.15, -0.1) is 10.2 Å². The predicted octanol–water partition coefficient (Wildman–Crippen LogP) is 2.61. The van der Waals surface area contributed by atoms with Crippen LogP contribution in [0.25, 0.3) is 11.4 Å². The molecule has 1 heterocycles. The minimum absolute atomic E-state index is 0.0562. The molecule has 0 saturated carbocycles. The van der Waals surface area contributed by atoms with Gasteiger partial charge in [-0.05, 0) is 59.9 Å². The van der Waals surface area contributed by atoms with Crippen molar-refractivity contribution in [2.45, 2.75) is 25.8 Å². The van der Waals surface area contributed by atoms with E-state index in [0.29, 0.717) is 5.56 Å². The van der Waals surface area contributed by atoms with Crippen LogP contribution in [0, 0.1) is 5.82 Å². The van der Waals surface area contributed by atoms with Crippen LogP contribution in [0.5, 0.6) is 0 Å². The van der Waals surface area contributed by atoms with Crippen LogP contribution in [0.1, 0.15) is 17.5 Å². The van der Waals surface area contributed by atoms with Gasteiger partial charge in [0.1, 0.15) is 12.4 Å². The van der Waals surface area contributed by atoms with Gasteiger partial charge in [-0.25, -0.2) is 4.39 Å². The number of fused-ring (bicyclic) bond motifs is 1. The number of anilines is 1. The number of rotatable bonds is 4. The number of carbonyl (C=O) groups excluding carboxylic acids is 1. The van der Waals surface area contributed by atoms with Crippen LogP contribution < -0.4 is 5.32 Å². The summed E-state index contributed by atoms with van der Waals surface area (Å²) in [4.78, 5) is 13.4. The van der Waals surface area contributed by atoms with Gasteiger partial charge in [-0.1, -0.05) is 18.2 Å². The van der Waals surface area contributed by atoms with E-state index in [9.17, 15) is 9.18 Å². The first-order valence-electron chi connectivity index (χ1n) is 8.13. The Morgan fingerprint density at radius 3 is 2.92 bits per heavy atom. The summed E-state index contributed by atoms with van der Waals surface area (Å²) in [5, 5.41) is 14.7. The second kappa shape index (κ2) is 6.43. The minimum Gasteiger partial charge on any atom is -0.324 e. The van der Waals surface area contributed by atoms with Gasteiger partial charge in [0.15, 0.2) is 0 Å². The second-order valence-electron chi connectivity index (χ2n) is 6.04. The van der Waals surface area contributed by atoms with E-state index in [2.05, 4.69) is 26.8 Å². The molecular weight excluding hydrogens is 321 g/mol. The van der Waals surface area contributed by atoms with Gasteiger partial charge in [0.05, 0.1) is 0 Å². The zero-order valence-electron chi connectivity index (χ0n) is 13.4. The Bertz CT molecular complexity index is 937. The van der Waals surface area contributed by atoms with Gasteiger partial charge in [-0.3, -0.25) is 4.79 Å². The van der Waals surface area contributed by atoms with Crippen LogP contribution in [0.3, 0.4) is 0 Å². The molecule has 3 aromatic rings. The van der Waals surface area contributed by atoms with Crippen molar-refractivity contribution in [1.29, 1.82) is 0 Å². The quantitative estimate of drug-likeness (QED) is 0.794. The highest BCUT2D eigenvalue weighted by Gasteiger charge is 2.13. The van der Waals surface area contributed by atoms with E-state index in [1.54, 1.807) is 12.1 Å². The van der Waals surface area contributed by atoms with E-state index in [0.717, 1.165) is 18.5 Å². The maximum absolute atomic E-state index is 13.3. The minimum atomic E-state index is -0.372. The number of halogens is 1. The smallest absolute Gasteiger partial charge is 0.248 e. The zero-order chi connectivity index (χ0) is 17.2. The molecule has 0 fully saturated rings. The second-order valence-corrected chi connectivity index (χ2v) is 6.04. The molecule has 0 spiro atoms. The molecule has 0 atom stereocenters. The van der Waals surface area contributed by atoms with Gasteiger partial charge < -0.3 is 5.32 Å². The van der Waals surface area contributed by atoms with Crippen molar-refractivity contribution in [3.8, 4) is 11.4 Å². The Labute approximate surface area is 143 Å². The summed E-state index contributed by atoms with van der Waals surface area (Å²) in [6.07, 6.45) is 3.33. The summed E-state index contributed by atoms with van der Waals surface area (Å²) in [7, 11) is 0. The SMILES string of the molecule is O=C(Cn1nnc(-c2cccc(F)c2)n1)Nc1ccc2c(c1)CCC2. The van der Waals surface area contributed by atoms with Gasteiger partial charge in [0, 0.05) is 11.3 Å². The molecule has 0 bridgehead atoms. The van der Waals surface area contributed by atoms with Crippen LogP contribution in [0.2, 0.25) is 0 Å². The lowest BCUT2D eigenvalue weighted by atomic mass is 10.1. The molecule has 1 aromatic heterocycles. The molecule has 1 N–H and O–H groups in total. The Morgan fingerprint density at radius 2 is 2.04 bits per heavy atom. The fourth-order valence-electron chi connectivity index (χ4n) is 3.03. The first-order chi connectivity index (χ1) is 12.2. The fraction of sp³-hybridized carbons (Fsp3) is 0.222. The number of aryl methyl sites for hydroxylation is 2. The van der Waals surface area contributed by atoms with Crippen LogP contribution >= 0.6 is 0 Å². The van der Waals surface area contributed by atoms with E-state index >= 15 is 0 Å². The van der Waals surface area contributed by atoms with E-state index in [-0.39, 0.29) is 24.1 Å². The molecule has 0 aliphatic heterocycles. The highest BCUT2D eigenvalue weighted by atomic mass is 19.1. The van der Waals surface area contributed by atoms with Crippen molar-refractivity contribution < 1.29 is 9.18 Å². The average molecular weight is 337 g/mol. The zero-order valence-corrected chi connectivity index (χ0v) is 13.4. The summed E-state index contributed by atoms with van der Waals surface area (Å²) >= 11 is 0. The number of nitrogens with zero attached hydrogens (tertiary/aromatic N) is 4. The summed E-state index contributed by atoms with van der Waals surface area (Å²) in [6.45, 7) is -0.0562. The molecule has 25 heavy (non-hydrogen) atoms. The number of hydrogen-bond donors (Lipinski definition) is 1. The van der Waals surface area contributed by atoms with Crippen molar-refractivity contribution >= 4 is 11.6 Å². The van der Waals surface area contributed by atoms with Crippen molar-refractivity contribution in [2.24, 2.45) is 0 Å². The van der Waals surface area contributed by atoms with E-state index in [4.69, 9.17) is 0 Å². The molecule has 1 aliphatic rings. The molecule has 7 heteroatoms. The molecule has 0 saturated heterocycles. The van der Waals surface area contributed by atoms with Crippen LogP contribution in [0.4, 0.5) is 10.1 Å². The number of carbonyl (C=O) groups is 1. The summed E-state index contributed by atoms with van der Waals surface area (Å²) in [6, 6.07) is 11.9. The lowest BCUT2D eigenvalue weighted by molar-refractivity contribution is -0.117. The van der Waals surface area contributed by atoms with Crippen molar-refractivity contribution in [3.05, 3.63) is 59.4 Å². The first-order valence-corrected chi connectivity index (χ1v) is 8.13. The monoisotopic (exact) mass is 337 g/mol. The number of hydrogen-bond acceptors (Lipinski definition) is 4. The summed E-state index contributed by atoms with van der Waals surface area (Å²) in [5.74, 6) is -0.325. The van der Waals surface area contributed by atoms with Gasteiger partial charge in [0.2, 0.25) is 11.7 Å². The number of nitrogens with one attached hydrogen (secondary N) is 1. The maximum atomic E-state index is 13.3. The third-order valence-electron chi connectivity index (χ3n) is 4.20. The highest BCUT2D eigenvalue weighted by molar-refractivity contribution is 5.90. The Morgan fingerprint density at radius 1 is 1.16 bits per heavy atom. The van der Waals surface area contributed by atoms with E-state index < -0.39 is 0 Å². The lowest BCUT2D eigenvalue weighted by Crippen LogP contribution is -2.20. The van der Waals surface area contributed by atoms with E-state index in [1.165, 1.54) is 34.5 Å². The topological polar surface area (TPSA) is 72.7 Å². The molecule has 1 aliphatic carbocycles. The fourth-order valence-corrected chi connectivity index (χ4v) is 3.03. The number of amides is 1. The van der Waals surface area contributed by atoms with Crippen molar-refractivity contribution in [1.82, 2.24) is 20.2 Å². The molecule has 0 radical (unpaired) electrons. The lowest BCUT2D eigenvalue weighted by Gasteiger charge is -2.06. The molecular formula is C18H16FN5O. The third-order valence-corrected chi connectivity index (χ3v) is 4.20. The van der Waals surface area contributed by atoms with E-state index in [1.807, 2.05) is 12.1 Å². The van der Waals surface area contributed by atoms with Gasteiger partial charge in [-0.2, -0.15) is 4.80 Å². The van der Waals surface area contributed by atoms with Gasteiger partial charge >= 0.3 is 0 Å². The molecule has 6 nitrogen and oxygen atoms in total. The largest absolute Gasteiger partial charge is 0.324 e. The normalized spacial score (nSPS) is 12.8. The Balaban J connectivity index is 1.43. The summed E-state index contributed by atoms with van der Waals surface area (Å²) < 4.78 is 13.3. The maximum Gasteiger partial charge on any atom is 0.248 e. The molecule has 1 amide bonds. The van der Waals surface area contributed by atoms with Crippen LogP contribution in [-0.4, -0.2) is 26.1 Å². The predicted molar refractivity (Wildman–Crippen MR) is 90.3 cm³/mol. The molecule has 2 aromatic carbocycles. The third kappa shape index (κ3) is 3.40.